The third-order valence-corrected chi connectivity index (χ3v) is 3.77. The second kappa shape index (κ2) is 7.28. The molecule has 21 heavy (non-hydrogen) atoms. The van der Waals surface area contributed by atoms with Gasteiger partial charge in [0.25, 0.3) is 0 Å². The number of nitrogens with one attached hydrogen (secondary N) is 1. The molecule has 0 radical (unpaired) electrons. The van der Waals surface area contributed by atoms with Crippen molar-refractivity contribution in [3.05, 3.63) is 65.2 Å². The molecule has 0 saturated heterocycles. The fourth-order valence-electron chi connectivity index (χ4n) is 2.72. The van der Waals surface area contributed by atoms with Crippen LogP contribution < -0.4 is 10.1 Å². The van der Waals surface area contributed by atoms with Gasteiger partial charge >= 0.3 is 0 Å². The van der Waals surface area contributed by atoms with E-state index >= 15 is 0 Å². The lowest BCUT2D eigenvalue weighted by Crippen LogP contribution is -2.30. The van der Waals surface area contributed by atoms with Gasteiger partial charge in [0.15, 0.2) is 0 Å². The van der Waals surface area contributed by atoms with Crippen molar-refractivity contribution in [3.8, 4) is 5.75 Å². The normalized spacial score (nSPS) is 13.7. The molecular weight excluding hydrogens is 258 g/mol. The van der Waals surface area contributed by atoms with E-state index in [1.165, 1.54) is 16.7 Å². The van der Waals surface area contributed by atoms with Gasteiger partial charge in [-0.05, 0) is 44.4 Å². The molecular formula is C19H25NO. The van der Waals surface area contributed by atoms with Crippen LogP contribution in [0.1, 0.15) is 36.6 Å². The Balaban J connectivity index is 2.02. The molecule has 0 aliphatic rings. The molecule has 2 aromatic rings. The van der Waals surface area contributed by atoms with Crippen LogP contribution in [0.15, 0.2) is 48.5 Å². The second-order valence-corrected chi connectivity index (χ2v) is 5.72. The Morgan fingerprint density at radius 2 is 1.76 bits per heavy atom. The number of ether oxygens (including phenoxy) is 1. The zero-order chi connectivity index (χ0) is 15.2. The number of methoxy groups -OCH3 is 1. The molecule has 0 amide bonds. The van der Waals surface area contributed by atoms with E-state index in [9.17, 15) is 0 Å². The summed E-state index contributed by atoms with van der Waals surface area (Å²) in [4.78, 5) is 0. The third-order valence-electron chi connectivity index (χ3n) is 3.77. The van der Waals surface area contributed by atoms with Crippen molar-refractivity contribution in [2.45, 2.75) is 39.3 Å². The highest BCUT2D eigenvalue weighted by Gasteiger charge is 2.14. The van der Waals surface area contributed by atoms with Crippen LogP contribution in [0.25, 0.3) is 0 Å². The first-order valence-corrected chi connectivity index (χ1v) is 7.54. The number of benzene rings is 2. The van der Waals surface area contributed by atoms with Gasteiger partial charge in [-0.2, -0.15) is 0 Å². The van der Waals surface area contributed by atoms with E-state index in [1.54, 1.807) is 7.11 Å². The van der Waals surface area contributed by atoms with Crippen molar-refractivity contribution in [2.75, 3.05) is 7.11 Å². The molecule has 112 valence electrons. The summed E-state index contributed by atoms with van der Waals surface area (Å²) < 4.78 is 5.51. The quantitative estimate of drug-likeness (QED) is 0.854. The first-order chi connectivity index (χ1) is 10.1. The van der Waals surface area contributed by atoms with E-state index < -0.39 is 0 Å². The summed E-state index contributed by atoms with van der Waals surface area (Å²) >= 11 is 0. The summed E-state index contributed by atoms with van der Waals surface area (Å²) in [6.07, 6.45) is 1.03. The number of aryl methyl sites for hydroxylation is 1. The smallest absolute Gasteiger partial charge is 0.123 e. The van der Waals surface area contributed by atoms with Crippen LogP contribution in [0.4, 0.5) is 0 Å². The summed E-state index contributed by atoms with van der Waals surface area (Å²) in [5, 5.41) is 3.66. The van der Waals surface area contributed by atoms with Crippen LogP contribution in [0.3, 0.4) is 0 Å². The van der Waals surface area contributed by atoms with Crippen molar-refractivity contribution in [1.82, 2.24) is 5.32 Å². The standard InChI is InChI=1S/C19H25NO/c1-14-10-11-18(19(12-14)21-4)16(3)20-15(2)13-17-8-6-5-7-9-17/h5-12,15-16,20H,13H2,1-4H3. The number of hydrogen-bond acceptors (Lipinski definition) is 2. The molecule has 2 rings (SSSR count). The van der Waals surface area contributed by atoms with Gasteiger partial charge in [-0.3, -0.25) is 0 Å². The maximum Gasteiger partial charge on any atom is 0.123 e. The highest BCUT2D eigenvalue weighted by atomic mass is 16.5. The Hall–Kier alpha value is -1.80. The summed E-state index contributed by atoms with van der Waals surface area (Å²) in [5.41, 5.74) is 3.80. The Morgan fingerprint density at radius 3 is 2.43 bits per heavy atom. The van der Waals surface area contributed by atoms with Crippen molar-refractivity contribution in [2.24, 2.45) is 0 Å². The fraction of sp³-hybridized carbons (Fsp3) is 0.368. The molecule has 2 atom stereocenters. The molecule has 0 spiro atoms. The molecule has 0 bridgehead atoms. The average molecular weight is 283 g/mol. The molecule has 2 aromatic carbocycles. The van der Waals surface area contributed by atoms with E-state index in [0.717, 1.165) is 12.2 Å². The van der Waals surface area contributed by atoms with Gasteiger partial charge in [0.05, 0.1) is 7.11 Å². The Labute approximate surface area is 128 Å². The zero-order valence-electron chi connectivity index (χ0n) is 13.4. The molecule has 0 heterocycles. The monoisotopic (exact) mass is 283 g/mol. The minimum atomic E-state index is 0.263. The van der Waals surface area contributed by atoms with Crippen LogP contribution in [0, 0.1) is 6.92 Å². The van der Waals surface area contributed by atoms with E-state index in [-0.39, 0.29) is 6.04 Å². The van der Waals surface area contributed by atoms with Crippen LogP contribution in [-0.2, 0) is 6.42 Å². The van der Waals surface area contributed by atoms with Crippen molar-refractivity contribution in [1.29, 1.82) is 0 Å². The topological polar surface area (TPSA) is 21.3 Å². The summed E-state index contributed by atoms with van der Waals surface area (Å²) in [6.45, 7) is 6.50. The maximum absolute atomic E-state index is 5.51. The van der Waals surface area contributed by atoms with E-state index in [2.05, 4.69) is 74.6 Å². The Bertz CT molecular complexity index is 565. The van der Waals surface area contributed by atoms with E-state index in [4.69, 9.17) is 4.74 Å². The molecule has 1 N–H and O–H groups in total. The first kappa shape index (κ1) is 15.6. The van der Waals surface area contributed by atoms with Gasteiger partial charge in [0.2, 0.25) is 0 Å². The molecule has 0 aromatic heterocycles. The van der Waals surface area contributed by atoms with Gasteiger partial charge < -0.3 is 10.1 Å². The van der Waals surface area contributed by atoms with Gasteiger partial charge in [0.1, 0.15) is 5.75 Å². The number of hydrogen-bond donors (Lipinski definition) is 1. The molecule has 0 aliphatic heterocycles. The fourth-order valence-corrected chi connectivity index (χ4v) is 2.72. The summed E-state index contributed by atoms with van der Waals surface area (Å²) in [5.74, 6) is 0.960. The Kier molecular flexibility index (Phi) is 5.40. The molecule has 0 fully saturated rings. The van der Waals surface area contributed by atoms with E-state index in [0.29, 0.717) is 6.04 Å². The van der Waals surface area contributed by atoms with Gasteiger partial charge in [-0.15, -0.1) is 0 Å². The van der Waals surface area contributed by atoms with Gasteiger partial charge in [0, 0.05) is 17.6 Å². The third kappa shape index (κ3) is 4.33. The average Bonchev–Trinajstić information content (AvgIpc) is 2.47. The highest BCUT2D eigenvalue weighted by Crippen LogP contribution is 2.26. The van der Waals surface area contributed by atoms with Crippen LogP contribution in [0.2, 0.25) is 0 Å². The van der Waals surface area contributed by atoms with Crippen LogP contribution in [-0.4, -0.2) is 13.2 Å². The molecule has 0 saturated carbocycles. The predicted octanol–water partition coefficient (Wildman–Crippen LogP) is 4.29. The van der Waals surface area contributed by atoms with Crippen molar-refractivity contribution < 1.29 is 4.74 Å². The minimum absolute atomic E-state index is 0.263. The Morgan fingerprint density at radius 1 is 1.05 bits per heavy atom. The van der Waals surface area contributed by atoms with Crippen molar-refractivity contribution in [3.63, 3.8) is 0 Å². The first-order valence-electron chi connectivity index (χ1n) is 7.54. The lowest BCUT2D eigenvalue weighted by molar-refractivity contribution is 0.395. The summed E-state index contributed by atoms with van der Waals surface area (Å²) in [7, 11) is 1.73. The second-order valence-electron chi connectivity index (χ2n) is 5.72. The lowest BCUT2D eigenvalue weighted by atomic mass is 10.0. The van der Waals surface area contributed by atoms with Gasteiger partial charge in [-0.1, -0.05) is 42.5 Å². The zero-order valence-corrected chi connectivity index (χ0v) is 13.4. The molecule has 2 heteroatoms. The molecule has 2 nitrogen and oxygen atoms in total. The maximum atomic E-state index is 5.51. The van der Waals surface area contributed by atoms with Crippen LogP contribution in [0.5, 0.6) is 5.75 Å². The van der Waals surface area contributed by atoms with Gasteiger partial charge in [-0.25, -0.2) is 0 Å². The van der Waals surface area contributed by atoms with Crippen LogP contribution >= 0.6 is 0 Å². The predicted molar refractivity (Wildman–Crippen MR) is 88.9 cm³/mol. The van der Waals surface area contributed by atoms with E-state index in [1.807, 2.05) is 0 Å². The minimum Gasteiger partial charge on any atom is -0.496 e. The van der Waals surface area contributed by atoms with Crippen molar-refractivity contribution >= 4 is 0 Å². The summed E-state index contributed by atoms with van der Waals surface area (Å²) in [6, 6.07) is 17.6. The SMILES string of the molecule is COc1cc(C)ccc1C(C)NC(C)Cc1ccccc1. The largest absolute Gasteiger partial charge is 0.496 e. The number of rotatable bonds is 6. The molecule has 0 aliphatic carbocycles. The molecule has 2 unspecified atom stereocenters. The lowest BCUT2D eigenvalue weighted by Gasteiger charge is -2.22. The highest BCUT2D eigenvalue weighted by molar-refractivity contribution is 5.39.